The lowest BCUT2D eigenvalue weighted by molar-refractivity contribution is 0.0197. The number of hydrogen-bond acceptors (Lipinski definition) is 8. The van der Waals surface area contributed by atoms with E-state index in [1.807, 2.05) is 104 Å². The number of amides is 2. The maximum atomic E-state index is 14.1. The zero-order valence-electron chi connectivity index (χ0n) is 27.7. The molecule has 0 aliphatic carbocycles. The Morgan fingerprint density at radius 3 is 2.31 bits per heavy atom. The Bertz CT molecular complexity index is 1690. The fourth-order valence-electron chi connectivity index (χ4n) is 5.36. The molecule has 0 bridgehead atoms. The Hall–Kier alpha value is -4.61. The molecule has 240 valence electrons. The van der Waals surface area contributed by atoms with Crippen LogP contribution in [-0.2, 0) is 16.5 Å². The van der Waals surface area contributed by atoms with Crippen LogP contribution in [0.1, 0.15) is 66.0 Å². The number of aryl methyl sites for hydroxylation is 1. The lowest BCUT2D eigenvalue weighted by Crippen LogP contribution is -2.42. The van der Waals surface area contributed by atoms with Crippen LogP contribution >= 0.6 is 0 Å². The monoisotopic (exact) mass is 616 g/mol. The molecule has 2 amide bonds. The Balaban J connectivity index is 1.69. The summed E-state index contributed by atoms with van der Waals surface area (Å²) in [5.74, 6) is 0.380. The summed E-state index contributed by atoms with van der Waals surface area (Å²) in [6.07, 6.45) is 6.13. The third kappa shape index (κ3) is 7.21. The first kappa shape index (κ1) is 31.8. The highest BCUT2D eigenvalue weighted by molar-refractivity contribution is 5.96. The second kappa shape index (κ2) is 12.1. The van der Waals surface area contributed by atoms with E-state index in [2.05, 4.69) is 5.10 Å². The number of ether oxygens (including phenoxy) is 2. The van der Waals surface area contributed by atoms with Gasteiger partial charge in [-0.3, -0.25) is 4.68 Å². The van der Waals surface area contributed by atoms with E-state index in [9.17, 15) is 9.59 Å². The highest BCUT2D eigenvalue weighted by Gasteiger charge is 2.33. The Morgan fingerprint density at radius 2 is 1.67 bits per heavy atom. The zero-order chi connectivity index (χ0) is 32.7. The highest BCUT2D eigenvalue weighted by Crippen LogP contribution is 2.36. The Kier molecular flexibility index (Phi) is 8.52. The van der Waals surface area contributed by atoms with Gasteiger partial charge in [-0.1, -0.05) is 6.07 Å². The van der Waals surface area contributed by atoms with Crippen molar-refractivity contribution < 1.29 is 19.1 Å². The average molecular weight is 617 g/mol. The van der Waals surface area contributed by atoms with E-state index in [4.69, 9.17) is 19.6 Å². The van der Waals surface area contributed by atoms with Crippen LogP contribution in [0, 0.1) is 0 Å². The van der Waals surface area contributed by atoms with Crippen molar-refractivity contribution in [3.8, 4) is 11.1 Å². The molecule has 1 unspecified atom stereocenters. The number of fused-ring (bicyclic) bond motifs is 1. The van der Waals surface area contributed by atoms with Crippen molar-refractivity contribution >= 4 is 35.0 Å². The van der Waals surface area contributed by atoms with Crippen LogP contribution in [0.4, 0.5) is 26.8 Å². The Morgan fingerprint density at radius 1 is 0.956 bits per heavy atom. The average Bonchev–Trinajstić information content (AvgIpc) is 3.57. The molecule has 0 N–H and O–H groups in total. The van der Waals surface area contributed by atoms with Gasteiger partial charge in [0.2, 0.25) is 0 Å². The summed E-state index contributed by atoms with van der Waals surface area (Å²) in [5.41, 5.74) is 3.13. The molecule has 3 aromatic heterocycles. The maximum Gasteiger partial charge on any atom is 0.420 e. The largest absolute Gasteiger partial charge is 0.444 e. The van der Waals surface area contributed by atoms with Gasteiger partial charge >= 0.3 is 12.2 Å². The molecule has 0 spiro atoms. The van der Waals surface area contributed by atoms with Crippen molar-refractivity contribution in [3.05, 3.63) is 54.6 Å². The number of carbonyl (C=O) groups excluding carboxylic acids is 2. The second-order valence-corrected chi connectivity index (χ2v) is 13.7. The molecule has 0 radical (unpaired) electrons. The molecule has 1 aliphatic heterocycles. The van der Waals surface area contributed by atoms with Crippen molar-refractivity contribution in [1.29, 1.82) is 0 Å². The van der Waals surface area contributed by atoms with E-state index in [1.165, 1.54) is 0 Å². The molecule has 12 nitrogen and oxygen atoms in total. The number of benzene rings is 1. The smallest absolute Gasteiger partial charge is 0.420 e. The summed E-state index contributed by atoms with van der Waals surface area (Å²) < 4.78 is 15.1. The molecule has 4 heterocycles. The second-order valence-electron chi connectivity index (χ2n) is 13.7. The maximum absolute atomic E-state index is 14.1. The third-order valence-corrected chi connectivity index (χ3v) is 7.39. The third-order valence-electron chi connectivity index (χ3n) is 7.39. The minimum atomic E-state index is -0.744. The number of nitrogens with zero attached hydrogens (tertiary/aromatic N) is 8. The minimum absolute atomic E-state index is 0.0970. The first-order chi connectivity index (χ1) is 21.1. The number of hydrogen-bond donors (Lipinski definition) is 0. The quantitative estimate of drug-likeness (QED) is 0.254. The van der Waals surface area contributed by atoms with Crippen molar-refractivity contribution in [3.63, 3.8) is 0 Å². The van der Waals surface area contributed by atoms with Crippen LogP contribution in [0.25, 0.3) is 16.8 Å². The van der Waals surface area contributed by atoms with Crippen molar-refractivity contribution in [2.75, 3.05) is 37.0 Å². The highest BCUT2D eigenvalue weighted by atomic mass is 16.6. The van der Waals surface area contributed by atoms with Gasteiger partial charge in [0.05, 0.1) is 23.8 Å². The van der Waals surface area contributed by atoms with Gasteiger partial charge in [0.1, 0.15) is 17.0 Å². The predicted molar refractivity (Wildman–Crippen MR) is 174 cm³/mol. The van der Waals surface area contributed by atoms with Gasteiger partial charge in [-0.2, -0.15) is 14.7 Å². The number of carbonyl (C=O) groups is 2. The molecule has 4 aromatic rings. The van der Waals surface area contributed by atoms with Gasteiger partial charge < -0.3 is 19.3 Å². The summed E-state index contributed by atoms with van der Waals surface area (Å²) >= 11 is 0. The molecule has 1 fully saturated rings. The summed E-state index contributed by atoms with van der Waals surface area (Å²) in [7, 11) is 5.76. The number of likely N-dealkylation sites (tertiary alicyclic amines) is 1. The lowest BCUT2D eigenvalue weighted by Gasteiger charge is -2.34. The van der Waals surface area contributed by atoms with Crippen molar-refractivity contribution in [2.45, 2.75) is 71.5 Å². The van der Waals surface area contributed by atoms with Crippen LogP contribution in [0.3, 0.4) is 0 Å². The van der Waals surface area contributed by atoms with E-state index in [-0.39, 0.29) is 12.0 Å². The van der Waals surface area contributed by atoms with Crippen LogP contribution in [0.2, 0.25) is 0 Å². The van der Waals surface area contributed by atoms with Gasteiger partial charge in [0.25, 0.3) is 0 Å². The van der Waals surface area contributed by atoms with Gasteiger partial charge in [-0.05, 0) is 72.6 Å². The topological polar surface area (TPSA) is 110 Å². The molecule has 0 saturated carbocycles. The molecule has 5 rings (SSSR count). The van der Waals surface area contributed by atoms with E-state index < -0.39 is 17.3 Å². The summed E-state index contributed by atoms with van der Waals surface area (Å²) in [5, 5.41) is 9.08. The normalized spacial score (nSPS) is 15.7. The molecule has 1 aromatic carbocycles. The number of aromatic nitrogens is 5. The van der Waals surface area contributed by atoms with Gasteiger partial charge in [0, 0.05) is 69.2 Å². The minimum Gasteiger partial charge on any atom is -0.444 e. The van der Waals surface area contributed by atoms with Crippen molar-refractivity contribution in [2.24, 2.45) is 7.05 Å². The number of rotatable bonds is 5. The zero-order valence-corrected chi connectivity index (χ0v) is 27.7. The molecule has 12 heteroatoms. The standard InChI is InChI=1S/C33H44N8O4/c1-32(2,3)44-30(42)39-15-11-12-22(21-39)27-17-28(41-29(36-27)26(19-35-41)23-18-34-38(9)20-23)40(31(43)45-33(4,5)6)25-14-10-13-24(16-25)37(7)8/h10,13-14,16-20,22H,11-12,15,21H2,1-9H3. The fourth-order valence-corrected chi connectivity index (χ4v) is 5.36. The molecular weight excluding hydrogens is 572 g/mol. The van der Waals surface area contributed by atoms with Crippen LogP contribution in [-0.4, -0.2) is 79.9 Å². The van der Waals surface area contributed by atoms with Gasteiger partial charge in [-0.15, -0.1) is 0 Å². The van der Waals surface area contributed by atoms with Crippen LogP contribution in [0.5, 0.6) is 0 Å². The number of piperidine rings is 1. The Labute approximate surface area is 264 Å². The van der Waals surface area contributed by atoms with Crippen LogP contribution < -0.4 is 9.80 Å². The molecule has 1 saturated heterocycles. The fraction of sp³-hybridized carbons (Fsp3) is 0.485. The molecule has 1 aliphatic rings. The summed E-state index contributed by atoms with van der Waals surface area (Å²) in [4.78, 5) is 37.5. The lowest BCUT2D eigenvalue weighted by atomic mass is 9.94. The van der Waals surface area contributed by atoms with E-state index in [0.29, 0.717) is 30.2 Å². The summed E-state index contributed by atoms with van der Waals surface area (Å²) in [6.45, 7) is 12.2. The van der Waals surface area contributed by atoms with Crippen LogP contribution in [0.15, 0.2) is 48.9 Å². The first-order valence-corrected chi connectivity index (χ1v) is 15.3. The van der Waals surface area contributed by atoms with E-state index in [1.54, 1.807) is 31.4 Å². The first-order valence-electron chi connectivity index (χ1n) is 15.3. The van der Waals surface area contributed by atoms with Crippen molar-refractivity contribution in [1.82, 2.24) is 29.3 Å². The van der Waals surface area contributed by atoms with E-state index >= 15 is 0 Å². The predicted octanol–water partition coefficient (Wildman–Crippen LogP) is 6.38. The van der Waals surface area contributed by atoms with Gasteiger partial charge in [-0.25, -0.2) is 19.5 Å². The molecule has 45 heavy (non-hydrogen) atoms. The number of anilines is 3. The van der Waals surface area contributed by atoms with E-state index in [0.717, 1.165) is 35.3 Å². The summed E-state index contributed by atoms with van der Waals surface area (Å²) in [6, 6.07) is 9.59. The van der Waals surface area contributed by atoms with Gasteiger partial charge in [0.15, 0.2) is 5.65 Å². The molecule has 1 atom stereocenters. The SMILES string of the molecule is CN(C)c1cccc(N(C(=O)OC(C)(C)C)c2cc(C3CCCN(C(=O)OC(C)(C)C)C3)nc3c(-c4cnn(C)c4)cnn23)c1. The molecular formula is C33H44N8O4.